The Bertz CT molecular complexity index is 1210. The normalized spacial score (nSPS) is 15.9. The standard InChI is InChI=1S/C21H23N7O/c1-22-20-21(29)28(18-16-4-8-24-19(16)25-12-17(18)26-20)15-5-9-27(10-6-15)13-14-3-2-7-23-11-14/h2-4,7-8,11-12,15H,5-6,9-10,13H2,1H3,(H,22,26)(H,24,25). The fourth-order valence-electron chi connectivity index (χ4n) is 4.30. The molecule has 5 heterocycles. The Balaban J connectivity index is 1.51. The Morgan fingerprint density at radius 2 is 2.10 bits per heavy atom. The summed E-state index contributed by atoms with van der Waals surface area (Å²) >= 11 is 0. The van der Waals surface area contributed by atoms with Crippen LogP contribution in [0.25, 0.3) is 22.1 Å². The predicted octanol–water partition coefficient (Wildman–Crippen LogP) is 2.55. The molecule has 0 bridgehead atoms. The van der Waals surface area contributed by atoms with Crippen molar-refractivity contribution in [3.8, 4) is 0 Å². The van der Waals surface area contributed by atoms with Gasteiger partial charge in [-0.15, -0.1) is 0 Å². The third-order valence-electron chi connectivity index (χ3n) is 5.72. The van der Waals surface area contributed by atoms with Gasteiger partial charge in [0.1, 0.15) is 11.2 Å². The Hall–Kier alpha value is -3.26. The number of hydrogen-bond donors (Lipinski definition) is 2. The van der Waals surface area contributed by atoms with Crippen LogP contribution < -0.4 is 10.9 Å². The number of pyridine rings is 2. The monoisotopic (exact) mass is 389 g/mol. The van der Waals surface area contributed by atoms with E-state index in [0.29, 0.717) is 5.82 Å². The van der Waals surface area contributed by atoms with E-state index in [-0.39, 0.29) is 11.6 Å². The summed E-state index contributed by atoms with van der Waals surface area (Å²) in [7, 11) is 1.73. The maximum atomic E-state index is 13.2. The maximum Gasteiger partial charge on any atom is 0.294 e. The first kappa shape index (κ1) is 17.8. The first-order chi connectivity index (χ1) is 14.2. The minimum Gasteiger partial charge on any atom is -0.369 e. The van der Waals surface area contributed by atoms with Gasteiger partial charge in [-0.2, -0.15) is 0 Å². The number of nitrogens with zero attached hydrogens (tertiary/aromatic N) is 5. The SMILES string of the molecule is CNc1nc2cnc3[nH]ccc3c2n(C2CCN(Cc3cccnc3)CC2)c1=O. The quantitative estimate of drug-likeness (QED) is 0.557. The highest BCUT2D eigenvalue weighted by atomic mass is 16.1. The average Bonchev–Trinajstić information content (AvgIpc) is 3.24. The van der Waals surface area contributed by atoms with E-state index in [9.17, 15) is 4.79 Å². The highest BCUT2D eigenvalue weighted by Crippen LogP contribution is 2.29. The Morgan fingerprint density at radius 3 is 2.86 bits per heavy atom. The molecule has 0 aliphatic carbocycles. The van der Waals surface area contributed by atoms with Gasteiger partial charge in [0.2, 0.25) is 0 Å². The Morgan fingerprint density at radius 1 is 1.24 bits per heavy atom. The molecule has 0 radical (unpaired) electrons. The zero-order valence-electron chi connectivity index (χ0n) is 16.3. The number of aromatic amines is 1. The van der Waals surface area contributed by atoms with E-state index in [1.807, 2.05) is 29.1 Å². The number of fused-ring (bicyclic) bond motifs is 3. The lowest BCUT2D eigenvalue weighted by Crippen LogP contribution is -2.38. The number of anilines is 1. The molecule has 2 N–H and O–H groups in total. The van der Waals surface area contributed by atoms with Gasteiger partial charge in [0.15, 0.2) is 5.82 Å². The summed E-state index contributed by atoms with van der Waals surface area (Å²) in [6.07, 6.45) is 9.14. The van der Waals surface area contributed by atoms with Crippen LogP contribution in [-0.2, 0) is 6.54 Å². The molecule has 0 amide bonds. The highest BCUT2D eigenvalue weighted by Gasteiger charge is 2.25. The van der Waals surface area contributed by atoms with Gasteiger partial charge in [-0.1, -0.05) is 6.07 Å². The minimum atomic E-state index is -0.0700. The van der Waals surface area contributed by atoms with Crippen LogP contribution in [0.4, 0.5) is 5.82 Å². The molecule has 1 saturated heterocycles. The molecule has 5 rings (SSSR count). The largest absolute Gasteiger partial charge is 0.369 e. The number of H-pyrrole nitrogens is 1. The highest BCUT2D eigenvalue weighted by molar-refractivity contribution is 6.01. The van der Waals surface area contributed by atoms with Gasteiger partial charge < -0.3 is 10.3 Å². The zero-order valence-corrected chi connectivity index (χ0v) is 16.3. The molecule has 0 aromatic carbocycles. The van der Waals surface area contributed by atoms with Crippen LogP contribution in [0.2, 0.25) is 0 Å². The predicted molar refractivity (Wildman–Crippen MR) is 113 cm³/mol. The zero-order chi connectivity index (χ0) is 19.8. The van der Waals surface area contributed by atoms with Gasteiger partial charge in [0, 0.05) is 56.7 Å². The molecule has 1 aliphatic heterocycles. The Kier molecular flexibility index (Phi) is 4.48. The topological polar surface area (TPSA) is 91.7 Å². The number of rotatable bonds is 4. The maximum absolute atomic E-state index is 13.2. The van der Waals surface area contributed by atoms with Crippen molar-refractivity contribution in [2.45, 2.75) is 25.4 Å². The van der Waals surface area contributed by atoms with Gasteiger partial charge in [-0.3, -0.25) is 19.2 Å². The van der Waals surface area contributed by atoms with Gasteiger partial charge in [0.25, 0.3) is 5.56 Å². The van der Waals surface area contributed by atoms with Crippen molar-refractivity contribution in [3.05, 3.63) is 58.9 Å². The van der Waals surface area contributed by atoms with Gasteiger partial charge >= 0.3 is 0 Å². The lowest BCUT2D eigenvalue weighted by Gasteiger charge is -2.33. The number of piperidine rings is 1. The molecule has 4 aromatic rings. The number of hydrogen-bond acceptors (Lipinski definition) is 6. The molecule has 0 spiro atoms. The number of nitrogens with one attached hydrogen (secondary N) is 2. The first-order valence-corrected chi connectivity index (χ1v) is 9.92. The molecule has 4 aromatic heterocycles. The van der Waals surface area contributed by atoms with E-state index in [0.717, 1.165) is 54.5 Å². The lowest BCUT2D eigenvalue weighted by atomic mass is 10.0. The van der Waals surface area contributed by atoms with Crippen LogP contribution >= 0.6 is 0 Å². The number of likely N-dealkylation sites (tertiary alicyclic amines) is 1. The van der Waals surface area contributed by atoms with Crippen molar-refractivity contribution >= 4 is 27.9 Å². The van der Waals surface area contributed by atoms with Gasteiger partial charge in [0.05, 0.1) is 11.7 Å². The van der Waals surface area contributed by atoms with Crippen LogP contribution in [0, 0.1) is 0 Å². The molecule has 0 atom stereocenters. The summed E-state index contributed by atoms with van der Waals surface area (Å²) in [4.78, 5) is 32.0. The summed E-state index contributed by atoms with van der Waals surface area (Å²) < 4.78 is 1.94. The minimum absolute atomic E-state index is 0.0700. The molecule has 8 nitrogen and oxygen atoms in total. The molecule has 1 aliphatic rings. The van der Waals surface area contributed by atoms with E-state index in [1.165, 1.54) is 5.56 Å². The van der Waals surface area contributed by atoms with Gasteiger partial charge in [-0.25, -0.2) is 9.97 Å². The van der Waals surface area contributed by atoms with Crippen LogP contribution in [-0.4, -0.2) is 49.5 Å². The van der Waals surface area contributed by atoms with Crippen LogP contribution in [0.5, 0.6) is 0 Å². The van der Waals surface area contributed by atoms with Crippen molar-refractivity contribution in [2.24, 2.45) is 0 Å². The fraction of sp³-hybridized carbons (Fsp3) is 0.333. The third-order valence-corrected chi connectivity index (χ3v) is 5.72. The molecular formula is C21H23N7O. The van der Waals surface area contributed by atoms with Crippen molar-refractivity contribution in [3.63, 3.8) is 0 Å². The van der Waals surface area contributed by atoms with E-state index < -0.39 is 0 Å². The molecule has 148 valence electrons. The van der Waals surface area contributed by atoms with Crippen LogP contribution in [0.1, 0.15) is 24.4 Å². The second-order valence-corrected chi connectivity index (χ2v) is 7.49. The van der Waals surface area contributed by atoms with Crippen molar-refractivity contribution in [2.75, 3.05) is 25.5 Å². The second kappa shape index (κ2) is 7.29. The molecule has 1 fully saturated rings. The second-order valence-electron chi connectivity index (χ2n) is 7.49. The molecular weight excluding hydrogens is 366 g/mol. The Labute approximate surface area is 167 Å². The van der Waals surface area contributed by atoms with Gasteiger partial charge in [-0.05, 0) is 30.5 Å². The summed E-state index contributed by atoms with van der Waals surface area (Å²) in [5.74, 6) is 0.368. The smallest absolute Gasteiger partial charge is 0.294 e. The molecule has 0 saturated carbocycles. The van der Waals surface area contributed by atoms with E-state index in [4.69, 9.17) is 0 Å². The summed E-state index contributed by atoms with van der Waals surface area (Å²) in [6.45, 7) is 2.76. The van der Waals surface area contributed by atoms with Crippen molar-refractivity contribution in [1.29, 1.82) is 0 Å². The van der Waals surface area contributed by atoms with E-state index in [1.54, 1.807) is 19.4 Å². The van der Waals surface area contributed by atoms with Crippen LogP contribution in [0.15, 0.2) is 47.8 Å². The summed E-state index contributed by atoms with van der Waals surface area (Å²) in [5.41, 5.74) is 3.53. The lowest BCUT2D eigenvalue weighted by molar-refractivity contribution is 0.180. The molecule has 0 unspecified atom stereocenters. The van der Waals surface area contributed by atoms with Crippen LogP contribution in [0.3, 0.4) is 0 Å². The van der Waals surface area contributed by atoms with Crippen molar-refractivity contribution < 1.29 is 0 Å². The van der Waals surface area contributed by atoms with E-state index in [2.05, 4.69) is 36.2 Å². The first-order valence-electron chi connectivity index (χ1n) is 9.92. The summed E-state index contributed by atoms with van der Waals surface area (Å²) in [6, 6.07) is 6.18. The molecule has 29 heavy (non-hydrogen) atoms. The summed E-state index contributed by atoms with van der Waals surface area (Å²) in [5, 5.41) is 3.89. The van der Waals surface area contributed by atoms with E-state index >= 15 is 0 Å². The molecule has 8 heteroatoms. The van der Waals surface area contributed by atoms with Crippen molar-refractivity contribution in [1.82, 2.24) is 29.4 Å². The third kappa shape index (κ3) is 3.15. The number of aromatic nitrogens is 5. The average molecular weight is 389 g/mol. The fourth-order valence-corrected chi connectivity index (χ4v) is 4.30.